The smallest absolute Gasteiger partial charge is 0.322 e. The maximum Gasteiger partial charge on any atom is 0.322 e. The number of aliphatic hydroxyl groups is 1. The van der Waals surface area contributed by atoms with Gasteiger partial charge in [-0.1, -0.05) is 12.1 Å². The molecule has 0 amide bonds. The van der Waals surface area contributed by atoms with E-state index >= 15 is 0 Å². The zero-order valence-corrected chi connectivity index (χ0v) is 12.1. The van der Waals surface area contributed by atoms with Gasteiger partial charge in [0, 0.05) is 18.5 Å². The molecule has 0 saturated carbocycles. The predicted octanol–water partition coefficient (Wildman–Crippen LogP) is 0.0977. The van der Waals surface area contributed by atoms with Gasteiger partial charge in [-0.2, -0.15) is 4.31 Å². The first-order valence-corrected chi connectivity index (χ1v) is 7.71. The summed E-state index contributed by atoms with van der Waals surface area (Å²) in [6, 6.07) is 3.98. The first kappa shape index (κ1) is 15.6. The van der Waals surface area contributed by atoms with E-state index in [0.717, 1.165) is 4.31 Å². The average molecular weight is 313 g/mol. The third-order valence-electron chi connectivity index (χ3n) is 3.39. The number of carbonyl (C=O) groups is 2. The number of benzene rings is 1. The quantitative estimate of drug-likeness (QED) is 0.762. The Hall–Kier alpha value is -1.77. The molecule has 1 unspecified atom stereocenters. The van der Waals surface area contributed by atoms with Gasteiger partial charge in [-0.05, 0) is 19.1 Å². The minimum Gasteiger partial charge on any atom is -0.480 e. The van der Waals surface area contributed by atoms with Crippen LogP contribution in [0.2, 0.25) is 0 Å². The Morgan fingerprint density at radius 1 is 1.24 bits per heavy atom. The highest BCUT2D eigenvalue weighted by atomic mass is 32.2. The van der Waals surface area contributed by atoms with Crippen LogP contribution >= 0.6 is 0 Å². The van der Waals surface area contributed by atoms with Gasteiger partial charge in [-0.15, -0.1) is 0 Å². The van der Waals surface area contributed by atoms with Crippen molar-refractivity contribution in [2.75, 3.05) is 6.54 Å². The number of hydrogen-bond acceptors (Lipinski definition) is 5. The first-order chi connectivity index (χ1) is 9.73. The van der Waals surface area contributed by atoms with E-state index in [1.165, 1.54) is 31.2 Å². The standard InChI is InChI=1S/C13H15NO6S/c1-8(15)9-2-4-11(5-3-9)21(19,20)14-7-10(16)6-12(14)13(17)18/h2-5,10,12,16H,6-7H2,1H3,(H,17,18)/t10?,12-/m0/s1. The number of sulfonamides is 1. The van der Waals surface area contributed by atoms with Crippen LogP contribution in [0.25, 0.3) is 0 Å². The molecular weight excluding hydrogens is 298 g/mol. The number of Topliss-reactive ketones (excluding diaryl/α,β-unsaturated/α-hetero) is 1. The molecule has 1 heterocycles. The highest BCUT2D eigenvalue weighted by Crippen LogP contribution is 2.26. The van der Waals surface area contributed by atoms with E-state index in [0.29, 0.717) is 5.56 Å². The molecule has 0 bridgehead atoms. The fourth-order valence-corrected chi connectivity index (χ4v) is 3.90. The van der Waals surface area contributed by atoms with E-state index in [1.54, 1.807) is 0 Å². The Morgan fingerprint density at radius 3 is 2.29 bits per heavy atom. The largest absolute Gasteiger partial charge is 0.480 e. The van der Waals surface area contributed by atoms with Crippen LogP contribution < -0.4 is 0 Å². The normalized spacial score (nSPS) is 23.1. The number of carboxylic acid groups (broad SMARTS) is 1. The van der Waals surface area contributed by atoms with Crippen LogP contribution in [0.3, 0.4) is 0 Å². The zero-order valence-electron chi connectivity index (χ0n) is 11.3. The lowest BCUT2D eigenvalue weighted by molar-refractivity contribution is -0.140. The van der Waals surface area contributed by atoms with Crippen molar-refractivity contribution >= 4 is 21.8 Å². The van der Waals surface area contributed by atoms with E-state index in [-0.39, 0.29) is 23.6 Å². The minimum absolute atomic E-state index is 0.104. The number of rotatable bonds is 4. The van der Waals surface area contributed by atoms with Crippen molar-refractivity contribution in [3.05, 3.63) is 29.8 Å². The van der Waals surface area contributed by atoms with Crippen molar-refractivity contribution in [1.29, 1.82) is 0 Å². The van der Waals surface area contributed by atoms with Crippen molar-refractivity contribution in [2.24, 2.45) is 0 Å². The maximum atomic E-state index is 12.4. The van der Waals surface area contributed by atoms with Gasteiger partial charge in [0.2, 0.25) is 10.0 Å². The Labute approximate surface area is 121 Å². The lowest BCUT2D eigenvalue weighted by Gasteiger charge is -2.20. The molecule has 0 aliphatic carbocycles. The molecule has 0 spiro atoms. The molecule has 0 radical (unpaired) electrons. The molecule has 1 aromatic carbocycles. The molecule has 1 aromatic rings. The molecule has 2 N–H and O–H groups in total. The summed E-state index contributed by atoms with van der Waals surface area (Å²) in [4.78, 5) is 22.2. The monoisotopic (exact) mass is 313 g/mol. The third kappa shape index (κ3) is 2.97. The van der Waals surface area contributed by atoms with Crippen molar-refractivity contribution < 1.29 is 28.2 Å². The Kier molecular flexibility index (Phi) is 4.13. The summed E-state index contributed by atoms with van der Waals surface area (Å²) in [5, 5.41) is 18.6. The van der Waals surface area contributed by atoms with Crippen LogP contribution in [-0.4, -0.2) is 53.4 Å². The van der Waals surface area contributed by atoms with Crippen molar-refractivity contribution in [3.63, 3.8) is 0 Å². The molecular formula is C13H15NO6S. The number of aliphatic carboxylic acids is 1. The second kappa shape index (κ2) is 5.55. The number of aliphatic hydroxyl groups excluding tert-OH is 1. The molecule has 1 saturated heterocycles. The molecule has 114 valence electrons. The van der Waals surface area contributed by atoms with Crippen LogP contribution in [0.4, 0.5) is 0 Å². The number of hydrogen-bond donors (Lipinski definition) is 2. The molecule has 8 heteroatoms. The highest BCUT2D eigenvalue weighted by molar-refractivity contribution is 7.89. The lowest BCUT2D eigenvalue weighted by atomic mass is 10.2. The van der Waals surface area contributed by atoms with Crippen molar-refractivity contribution in [2.45, 2.75) is 30.4 Å². The third-order valence-corrected chi connectivity index (χ3v) is 5.28. The number of carboxylic acids is 1. The van der Waals surface area contributed by atoms with E-state index in [4.69, 9.17) is 5.11 Å². The summed E-state index contributed by atoms with van der Waals surface area (Å²) in [5.74, 6) is -1.49. The number of nitrogens with zero attached hydrogens (tertiary/aromatic N) is 1. The fourth-order valence-electron chi connectivity index (χ4n) is 2.27. The van der Waals surface area contributed by atoms with Crippen LogP contribution in [0, 0.1) is 0 Å². The minimum atomic E-state index is -4.03. The van der Waals surface area contributed by atoms with Gasteiger partial charge in [0.05, 0.1) is 11.0 Å². The summed E-state index contributed by atoms with van der Waals surface area (Å²) >= 11 is 0. The van der Waals surface area contributed by atoms with Gasteiger partial charge in [0.15, 0.2) is 5.78 Å². The van der Waals surface area contributed by atoms with Crippen LogP contribution in [0.1, 0.15) is 23.7 Å². The summed E-state index contributed by atoms with van der Waals surface area (Å²) in [7, 11) is -4.03. The second-order valence-electron chi connectivity index (χ2n) is 4.90. The molecule has 1 aliphatic rings. The Bertz CT molecular complexity index is 666. The van der Waals surface area contributed by atoms with E-state index < -0.39 is 28.1 Å². The Balaban J connectivity index is 2.37. The molecule has 2 rings (SSSR count). The second-order valence-corrected chi connectivity index (χ2v) is 6.79. The first-order valence-electron chi connectivity index (χ1n) is 6.27. The molecule has 0 aromatic heterocycles. The zero-order chi connectivity index (χ0) is 15.8. The van der Waals surface area contributed by atoms with Crippen LogP contribution in [0.15, 0.2) is 29.2 Å². The van der Waals surface area contributed by atoms with Crippen molar-refractivity contribution in [1.82, 2.24) is 4.31 Å². The lowest BCUT2D eigenvalue weighted by Crippen LogP contribution is -2.40. The number of carbonyl (C=O) groups excluding carboxylic acids is 1. The molecule has 2 atom stereocenters. The topological polar surface area (TPSA) is 112 Å². The molecule has 1 aliphatic heterocycles. The van der Waals surface area contributed by atoms with Gasteiger partial charge >= 0.3 is 5.97 Å². The SMILES string of the molecule is CC(=O)c1ccc(S(=O)(=O)N2CC(O)C[C@H]2C(=O)O)cc1. The fraction of sp³-hybridized carbons (Fsp3) is 0.385. The van der Waals surface area contributed by atoms with E-state index in [2.05, 4.69) is 0 Å². The van der Waals surface area contributed by atoms with Gasteiger partial charge in [-0.3, -0.25) is 9.59 Å². The molecule has 1 fully saturated rings. The summed E-state index contributed by atoms with van der Waals surface area (Å²) in [5.41, 5.74) is 0.366. The van der Waals surface area contributed by atoms with Crippen LogP contribution in [0.5, 0.6) is 0 Å². The predicted molar refractivity (Wildman–Crippen MR) is 72.4 cm³/mol. The van der Waals surface area contributed by atoms with Gasteiger partial charge in [-0.25, -0.2) is 8.42 Å². The number of β-amino-alcohol motifs (C(OH)–C–C–N with tert-alkyl or cyclic N) is 1. The summed E-state index contributed by atoms with van der Waals surface area (Å²) in [6.45, 7) is 1.11. The number of ketones is 1. The van der Waals surface area contributed by atoms with Gasteiger partial charge in [0.25, 0.3) is 0 Å². The summed E-state index contributed by atoms with van der Waals surface area (Å²) in [6.07, 6.45) is -1.14. The maximum absolute atomic E-state index is 12.4. The highest BCUT2D eigenvalue weighted by Gasteiger charge is 2.43. The van der Waals surface area contributed by atoms with Gasteiger partial charge < -0.3 is 10.2 Å². The van der Waals surface area contributed by atoms with Crippen molar-refractivity contribution in [3.8, 4) is 0 Å². The van der Waals surface area contributed by atoms with E-state index in [9.17, 15) is 23.1 Å². The van der Waals surface area contributed by atoms with E-state index in [1.807, 2.05) is 0 Å². The average Bonchev–Trinajstić information content (AvgIpc) is 2.82. The summed E-state index contributed by atoms with van der Waals surface area (Å²) < 4.78 is 25.7. The van der Waals surface area contributed by atoms with Crippen LogP contribution in [-0.2, 0) is 14.8 Å². The molecule has 7 nitrogen and oxygen atoms in total. The Morgan fingerprint density at radius 2 is 1.81 bits per heavy atom. The van der Waals surface area contributed by atoms with Gasteiger partial charge in [0.1, 0.15) is 6.04 Å². The molecule has 21 heavy (non-hydrogen) atoms.